The first kappa shape index (κ1) is 16.7. The first-order chi connectivity index (χ1) is 9.63. The van der Waals surface area contributed by atoms with Crippen LogP contribution in [-0.2, 0) is 6.42 Å². The van der Waals surface area contributed by atoms with Crippen LogP contribution in [0.5, 0.6) is 0 Å². The van der Waals surface area contributed by atoms with Crippen LogP contribution in [0.4, 0.5) is 11.6 Å². The SMILES string of the molecule is CCCNc1ncnc(NC(CO)C(C)C)c1CCC. The Kier molecular flexibility index (Phi) is 7.30. The molecule has 0 saturated heterocycles. The fourth-order valence-corrected chi connectivity index (χ4v) is 2.02. The molecule has 5 nitrogen and oxygen atoms in total. The molecule has 0 saturated carbocycles. The molecule has 5 heteroatoms. The molecule has 1 heterocycles. The van der Waals surface area contributed by atoms with E-state index in [1.807, 2.05) is 0 Å². The van der Waals surface area contributed by atoms with Crippen molar-refractivity contribution in [2.45, 2.75) is 53.0 Å². The zero-order valence-electron chi connectivity index (χ0n) is 13.1. The summed E-state index contributed by atoms with van der Waals surface area (Å²) in [7, 11) is 0. The highest BCUT2D eigenvalue weighted by Crippen LogP contribution is 2.23. The average Bonchev–Trinajstić information content (AvgIpc) is 2.44. The Morgan fingerprint density at radius 3 is 2.40 bits per heavy atom. The number of nitrogens with one attached hydrogen (secondary N) is 2. The van der Waals surface area contributed by atoms with Gasteiger partial charge in [0.25, 0.3) is 0 Å². The van der Waals surface area contributed by atoms with E-state index in [2.05, 4.69) is 48.3 Å². The van der Waals surface area contributed by atoms with Crippen molar-refractivity contribution in [3.63, 3.8) is 0 Å². The molecular weight excluding hydrogens is 252 g/mol. The Bertz CT molecular complexity index is 395. The van der Waals surface area contributed by atoms with Gasteiger partial charge in [-0.05, 0) is 18.8 Å². The van der Waals surface area contributed by atoms with Crippen molar-refractivity contribution in [1.29, 1.82) is 0 Å². The molecule has 1 atom stereocenters. The predicted octanol–water partition coefficient (Wildman–Crippen LogP) is 2.68. The summed E-state index contributed by atoms with van der Waals surface area (Å²) in [5.74, 6) is 2.09. The number of hydrogen-bond acceptors (Lipinski definition) is 5. The maximum atomic E-state index is 9.47. The smallest absolute Gasteiger partial charge is 0.135 e. The molecule has 3 N–H and O–H groups in total. The van der Waals surface area contributed by atoms with E-state index in [-0.39, 0.29) is 12.6 Å². The van der Waals surface area contributed by atoms with Gasteiger partial charge in [0, 0.05) is 12.1 Å². The van der Waals surface area contributed by atoms with Crippen molar-refractivity contribution in [3.8, 4) is 0 Å². The van der Waals surface area contributed by atoms with E-state index in [9.17, 15) is 5.11 Å². The molecule has 1 rings (SSSR count). The van der Waals surface area contributed by atoms with Gasteiger partial charge in [-0.25, -0.2) is 9.97 Å². The van der Waals surface area contributed by atoms with Gasteiger partial charge in [0.1, 0.15) is 18.0 Å². The highest BCUT2D eigenvalue weighted by molar-refractivity contribution is 5.57. The minimum Gasteiger partial charge on any atom is -0.394 e. The molecule has 0 aliphatic heterocycles. The fourth-order valence-electron chi connectivity index (χ4n) is 2.02. The number of aromatic nitrogens is 2. The number of anilines is 2. The lowest BCUT2D eigenvalue weighted by Crippen LogP contribution is -2.30. The van der Waals surface area contributed by atoms with Crippen LogP contribution in [0.3, 0.4) is 0 Å². The van der Waals surface area contributed by atoms with Crippen LogP contribution in [0.2, 0.25) is 0 Å². The maximum Gasteiger partial charge on any atom is 0.135 e. The van der Waals surface area contributed by atoms with Crippen molar-refractivity contribution < 1.29 is 5.11 Å². The van der Waals surface area contributed by atoms with E-state index < -0.39 is 0 Å². The summed E-state index contributed by atoms with van der Waals surface area (Å²) in [6, 6.07) is 0.0135. The first-order valence-electron chi connectivity index (χ1n) is 7.59. The van der Waals surface area contributed by atoms with Gasteiger partial charge in [-0.3, -0.25) is 0 Å². The summed E-state index contributed by atoms with van der Waals surface area (Å²) in [6.45, 7) is 9.46. The number of aliphatic hydroxyl groups is 1. The quantitative estimate of drug-likeness (QED) is 0.649. The molecule has 0 spiro atoms. The first-order valence-corrected chi connectivity index (χ1v) is 7.59. The Balaban J connectivity index is 2.98. The summed E-state index contributed by atoms with van der Waals surface area (Å²) in [4.78, 5) is 8.71. The van der Waals surface area contributed by atoms with E-state index in [0.717, 1.165) is 43.0 Å². The molecule has 0 fully saturated rings. The summed E-state index contributed by atoms with van der Waals surface area (Å²) < 4.78 is 0. The lowest BCUT2D eigenvalue weighted by molar-refractivity contribution is 0.249. The maximum absolute atomic E-state index is 9.47. The van der Waals surface area contributed by atoms with E-state index in [4.69, 9.17) is 0 Å². The van der Waals surface area contributed by atoms with Crippen molar-refractivity contribution in [3.05, 3.63) is 11.9 Å². The third-order valence-electron chi connectivity index (χ3n) is 3.31. The van der Waals surface area contributed by atoms with Gasteiger partial charge >= 0.3 is 0 Å². The normalized spacial score (nSPS) is 12.5. The van der Waals surface area contributed by atoms with E-state index in [0.29, 0.717) is 5.92 Å². The molecule has 1 aromatic heterocycles. The molecular formula is C15H28N4O. The van der Waals surface area contributed by atoms with E-state index >= 15 is 0 Å². The van der Waals surface area contributed by atoms with Gasteiger partial charge in [-0.1, -0.05) is 34.1 Å². The van der Waals surface area contributed by atoms with Crippen molar-refractivity contribution in [2.24, 2.45) is 5.92 Å². The van der Waals surface area contributed by atoms with Gasteiger partial charge < -0.3 is 15.7 Å². The molecule has 0 amide bonds. The third kappa shape index (κ3) is 4.63. The number of rotatable bonds is 9. The molecule has 0 aliphatic rings. The second kappa shape index (κ2) is 8.74. The Labute approximate surface area is 122 Å². The summed E-state index contributed by atoms with van der Waals surface area (Å²) in [5.41, 5.74) is 1.11. The molecule has 0 aromatic carbocycles. The summed E-state index contributed by atoms with van der Waals surface area (Å²) in [6.07, 6.45) is 4.59. The average molecular weight is 280 g/mol. The van der Waals surface area contributed by atoms with Crippen molar-refractivity contribution in [1.82, 2.24) is 9.97 Å². The largest absolute Gasteiger partial charge is 0.394 e. The standard InChI is InChI=1S/C15H28N4O/c1-5-7-12-14(16-8-6-2)17-10-18-15(12)19-13(9-20)11(3)4/h10-11,13,20H,5-9H2,1-4H3,(H2,16,17,18,19). The van der Waals surface area contributed by atoms with Crippen LogP contribution in [0, 0.1) is 5.92 Å². The third-order valence-corrected chi connectivity index (χ3v) is 3.31. The van der Waals surface area contributed by atoms with Gasteiger partial charge in [0.2, 0.25) is 0 Å². The Morgan fingerprint density at radius 1 is 1.15 bits per heavy atom. The zero-order valence-corrected chi connectivity index (χ0v) is 13.1. The van der Waals surface area contributed by atoms with Crippen LogP contribution < -0.4 is 10.6 Å². The van der Waals surface area contributed by atoms with Crippen LogP contribution in [0.25, 0.3) is 0 Å². The van der Waals surface area contributed by atoms with Gasteiger partial charge in [-0.15, -0.1) is 0 Å². The lowest BCUT2D eigenvalue weighted by atomic mass is 10.0. The van der Waals surface area contributed by atoms with Crippen molar-refractivity contribution in [2.75, 3.05) is 23.8 Å². The van der Waals surface area contributed by atoms with Gasteiger partial charge in [0.15, 0.2) is 0 Å². The Hall–Kier alpha value is -1.36. The fraction of sp³-hybridized carbons (Fsp3) is 0.733. The topological polar surface area (TPSA) is 70.1 Å². The lowest BCUT2D eigenvalue weighted by Gasteiger charge is -2.23. The number of aliphatic hydroxyl groups excluding tert-OH is 1. The van der Waals surface area contributed by atoms with Crippen LogP contribution in [0.1, 0.15) is 46.1 Å². The summed E-state index contributed by atoms with van der Waals surface area (Å²) in [5, 5.41) is 16.2. The van der Waals surface area contributed by atoms with Crippen LogP contribution in [-0.4, -0.2) is 34.3 Å². The molecule has 1 unspecified atom stereocenters. The number of hydrogen-bond donors (Lipinski definition) is 3. The second-order valence-electron chi connectivity index (χ2n) is 5.40. The zero-order chi connectivity index (χ0) is 15.0. The predicted molar refractivity (Wildman–Crippen MR) is 84.1 cm³/mol. The summed E-state index contributed by atoms with van der Waals surface area (Å²) >= 11 is 0. The number of nitrogens with zero attached hydrogens (tertiary/aromatic N) is 2. The molecule has 0 bridgehead atoms. The van der Waals surface area contributed by atoms with Crippen LogP contribution >= 0.6 is 0 Å². The van der Waals surface area contributed by atoms with E-state index in [1.165, 1.54) is 0 Å². The molecule has 0 aliphatic carbocycles. The minimum atomic E-state index is 0.0135. The molecule has 114 valence electrons. The minimum absolute atomic E-state index is 0.0135. The van der Waals surface area contributed by atoms with Crippen molar-refractivity contribution >= 4 is 11.6 Å². The van der Waals surface area contributed by atoms with Gasteiger partial charge in [-0.2, -0.15) is 0 Å². The van der Waals surface area contributed by atoms with Crippen LogP contribution in [0.15, 0.2) is 6.33 Å². The second-order valence-corrected chi connectivity index (χ2v) is 5.40. The monoisotopic (exact) mass is 280 g/mol. The highest BCUT2D eigenvalue weighted by Gasteiger charge is 2.16. The Morgan fingerprint density at radius 2 is 1.85 bits per heavy atom. The highest BCUT2D eigenvalue weighted by atomic mass is 16.3. The molecule has 1 aromatic rings. The molecule has 20 heavy (non-hydrogen) atoms. The molecule has 0 radical (unpaired) electrons. The van der Waals surface area contributed by atoms with E-state index in [1.54, 1.807) is 6.33 Å². The van der Waals surface area contributed by atoms with Gasteiger partial charge in [0.05, 0.1) is 12.6 Å².